The van der Waals surface area contributed by atoms with Gasteiger partial charge < -0.3 is 20.3 Å². The minimum absolute atomic E-state index is 0. The second-order valence-electron chi connectivity index (χ2n) is 6.46. The molecule has 1 unspecified atom stereocenters. The summed E-state index contributed by atoms with van der Waals surface area (Å²) >= 11 is 0. The van der Waals surface area contributed by atoms with E-state index in [1.54, 1.807) is 6.92 Å². The number of hydrogen-bond donors (Lipinski definition) is 2. The zero-order valence-electron chi connectivity index (χ0n) is 17.0. The van der Waals surface area contributed by atoms with Crippen molar-refractivity contribution in [2.45, 2.75) is 32.9 Å². The van der Waals surface area contributed by atoms with Crippen molar-refractivity contribution >= 4 is 41.9 Å². The van der Waals surface area contributed by atoms with Gasteiger partial charge in [-0.2, -0.15) is 13.2 Å². The van der Waals surface area contributed by atoms with Crippen LogP contribution in [0.25, 0.3) is 0 Å². The Labute approximate surface area is 191 Å². The summed E-state index contributed by atoms with van der Waals surface area (Å²) in [5.41, 5.74) is -0.995. The van der Waals surface area contributed by atoms with Crippen molar-refractivity contribution in [1.82, 2.24) is 20.2 Å². The van der Waals surface area contributed by atoms with Gasteiger partial charge in [0, 0.05) is 32.4 Å². The monoisotopic (exact) mass is 544 g/mol. The Balaban J connectivity index is 0.00000450. The lowest BCUT2D eigenvalue weighted by molar-refractivity contribution is -0.149. The van der Waals surface area contributed by atoms with E-state index in [-0.39, 0.29) is 48.4 Å². The van der Waals surface area contributed by atoms with Crippen LogP contribution in [0.1, 0.15) is 32.4 Å². The fraction of sp³-hybridized carbons (Fsp3) is 0.667. The number of guanidine groups is 1. The van der Waals surface area contributed by atoms with Gasteiger partial charge in [0.1, 0.15) is 5.69 Å². The predicted molar refractivity (Wildman–Crippen MR) is 118 cm³/mol. The highest BCUT2D eigenvalue weighted by Crippen LogP contribution is 2.27. The minimum atomic E-state index is -4.51. The summed E-state index contributed by atoms with van der Waals surface area (Å²) in [5, 5.41) is 5.94. The van der Waals surface area contributed by atoms with Crippen molar-refractivity contribution in [2.24, 2.45) is 10.9 Å². The standard InChI is InChI=1S/C18H27F3N6O2.HI/c1-3-22-17(27-11-5-6-13(12-27)15(28)29-4-2)25-10-9-24-16-23-8-7-14(26-16)18(19,20)21;/h7-8,13H,3-6,9-12H2,1-2H3,(H,22,25)(H,23,24,26);1H. The molecule has 30 heavy (non-hydrogen) atoms. The average molecular weight is 544 g/mol. The summed E-state index contributed by atoms with van der Waals surface area (Å²) in [6.07, 6.45) is -1.82. The molecule has 0 radical (unpaired) electrons. The third-order valence-electron chi connectivity index (χ3n) is 4.28. The highest BCUT2D eigenvalue weighted by molar-refractivity contribution is 14.0. The Morgan fingerprint density at radius 1 is 1.40 bits per heavy atom. The molecule has 1 aliphatic heterocycles. The van der Waals surface area contributed by atoms with E-state index in [2.05, 4.69) is 25.6 Å². The second kappa shape index (κ2) is 12.7. The van der Waals surface area contributed by atoms with Gasteiger partial charge in [0.05, 0.1) is 19.1 Å². The van der Waals surface area contributed by atoms with Crippen molar-refractivity contribution < 1.29 is 22.7 Å². The van der Waals surface area contributed by atoms with Gasteiger partial charge in [-0.15, -0.1) is 24.0 Å². The molecule has 0 aliphatic carbocycles. The summed E-state index contributed by atoms with van der Waals surface area (Å²) in [6.45, 7) is 6.60. The van der Waals surface area contributed by atoms with Crippen LogP contribution in [-0.4, -0.2) is 66.1 Å². The zero-order chi connectivity index (χ0) is 21.3. The highest BCUT2D eigenvalue weighted by Gasteiger charge is 2.32. The first-order valence-corrected chi connectivity index (χ1v) is 9.69. The molecule has 1 aromatic rings. The van der Waals surface area contributed by atoms with Crippen LogP contribution in [0.5, 0.6) is 0 Å². The highest BCUT2D eigenvalue weighted by atomic mass is 127. The molecule has 0 saturated carbocycles. The summed E-state index contributed by atoms with van der Waals surface area (Å²) in [7, 11) is 0. The molecular formula is C18H28F3IN6O2. The Morgan fingerprint density at radius 2 is 2.17 bits per heavy atom. The Bertz CT molecular complexity index is 705. The quantitative estimate of drug-likeness (QED) is 0.179. The number of carbonyl (C=O) groups excluding carboxylic acids is 1. The van der Waals surface area contributed by atoms with Crippen LogP contribution in [0.15, 0.2) is 17.3 Å². The molecule has 2 N–H and O–H groups in total. The number of aliphatic imine (C=N–C) groups is 1. The molecule has 170 valence electrons. The Hall–Kier alpha value is -1.86. The summed E-state index contributed by atoms with van der Waals surface area (Å²) in [5.74, 6) is 0.175. The third-order valence-corrected chi connectivity index (χ3v) is 4.28. The van der Waals surface area contributed by atoms with Crippen LogP contribution in [0.4, 0.5) is 19.1 Å². The van der Waals surface area contributed by atoms with Gasteiger partial charge in [0.25, 0.3) is 0 Å². The zero-order valence-corrected chi connectivity index (χ0v) is 19.4. The molecule has 8 nitrogen and oxygen atoms in total. The molecule has 1 aliphatic rings. The molecule has 1 atom stereocenters. The van der Waals surface area contributed by atoms with Gasteiger partial charge in [-0.25, -0.2) is 9.97 Å². The summed E-state index contributed by atoms with van der Waals surface area (Å²) < 4.78 is 43.2. The van der Waals surface area contributed by atoms with Gasteiger partial charge >= 0.3 is 12.1 Å². The van der Waals surface area contributed by atoms with Crippen LogP contribution < -0.4 is 10.6 Å². The predicted octanol–water partition coefficient (Wildman–Crippen LogP) is 2.77. The number of esters is 1. The maximum Gasteiger partial charge on any atom is 0.433 e. The molecule has 0 amide bonds. The number of ether oxygens (including phenoxy) is 1. The molecule has 1 aromatic heterocycles. The molecule has 2 rings (SSSR count). The fourth-order valence-electron chi connectivity index (χ4n) is 2.98. The largest absolute Gasteiger partial charge is 0.466 e. The number of likely N-dealkylation sites (tertiary alicyclic amines) is 1. The number of rotatable bonds is 7. The van der Waals surface area contributed by atoms with Crippen LogP contribution in [0.3, 0.4) is 0 Å². The number of hydrogen-bond acceptors (Lipinski definition) is 6. The first kappa shape index (κ1) is 26.2. The minimum Gasteiger partial charge on any atom is -0.466 e. The van der Waals surface area contributed by atoms with Crippen LogP contribution in [-0.2, 0) is 15.7 Å². The first-order chi connectivity index (χ1) is 13.8. The van der Waals surface area contributed by atoms with Crippen LogP contribution in [0, 0.1) is 5.92 Å². The van der Waals surface area contributed by atoms with E-state index in [1.165, 1.54) is 0 Å². The normalized spacial score (nSPS) is 17.2. The van der Waals surface area contributed by atoms with Gasteiger partial charge in [-0.1, -0.05) is 0 Å². The number of halogens is 4. The van der Waals surface area contributed by atoms with E-state index >= 15 is 0 Å². The fourth-order valence-corrected chi connectivity index (χ4v) is 2.98. The smallest absolute Gasteiger partial charge is 0.433 e. The average Bonchev–Trinajstić information content (AvgIpc) is 2.70. The van der Waals surface area contributed by atoms with Crippen molar-refractivity contribution in [3.8, 4) is 0 Å². The first-order valence-electron chi connectivity index (χ1n) is 9.69. The molecule has 0 bridgehead atoms. The second-order valence-corrected chi connectivity index (χ2v) is 6.46. The summed E-state index contributed by atoms with van der Waals surface area (Å²) in [6, 6.07) is 0.822. The van der Waals surface area contributed by atoms with E-state index < -0.39 is 11.9 Å². The lowest BCUT2D eigenvalue weighted by atomic mass is 9.98. The number of piperidine rings is 1. The van der Waals surface area contributed by atoms with Gasteiger partial charge in [-0.3, -0.25) is 9.79 Å². The number of alkyl halides is 3. The van der Waals surface area contributed by atoms with E-state index in [0.29, 0.717) is 32.2 Å². The van der Waals surface area contributed by atoms with Crippen LogP contribution >= 0.6 is 24.0 Å². The number of anilines is 1. The molecule has 2 heterocycles. The van der Waals surface area contributed by atoms with Crippen LogP contribution in [0.2, 0.25) is 0 Å². The molecule has 0 aromatic carbocycles. The van der Waals surface area contributed by atoms with Crippen molar-refractivity contribution in [1.29, 1.82) is 0 Å². The van der Waals surface area contributed by atoms with Crippen molar-refractivity contribution in [3.05, 3.63) is 18.0 Å². The molecule has 1 fully saturated rings. The number of aromatic nitrogens is 2. The van der Waals surface area contributed by atoms with Crippen molar-refractivity contribution in [3.63, 3.8) is 0 Å². The van der Waals surface area contributed by atoms with Gasteiger partial charge in [0.2, 0.25) is 5.95 Å². The molecule has 1 saturated heterocycles. The summed E-state index contributed by atoms with van der Waals surface area (Å²) in [4.78, 5) is 25.8. The van der Waals surface area contributed by atoms with E-state index in [1.807, 2.05) is 11.8 Å². The molecular weight excluding hydrogens is 516 g/mol. The van der Waals surface area contributed by atoms with Crippen molar-refractivity contribution in [2.75, 3.05) is 44.6 Å². The maximum atomic E-state index is 12.7. The lowest BCUT2D eigenvalue weighted by Gasteiger charge is -2.34. The molecule has 0 spiro atoms. The van der Waals surface area contributed by atoms with E-state index in [4.69, 9.17) is 4.74 Å². The Morgan fingerprint density at radius 3 is 2.83 bits per heavy atom. The SMILES string of the molecule is CCNC(=NCCNc1nccc(C(F)(F)F)n1)N1CCCC(C(=O)OCC)C1.I. The molecule has 12 heteroatoms. The van der Waals surface area contributed by atoms with E-state index in [9.17, 15) is 18.0 Å². The van der Waals surface area contributed by atoms with Gasteiger partial charge in [0.15, 0.2) is 5.96 Å². The number of nitrogens with zero attached hydrogens (tertiary/aromatic N) is 4. The Kier molecular flexibility index (Phi) is 11.1. The lowest BCUT2D eigenvalue weighted by Crippen LogP contribution is -2.48. The van der Waals surface area contributed by atoms with Gasteiger partial charge in [-0.05, 0) is 32.8 Å². The number of carbonyl (C=O) groups is 1. The number of nitrogens with one attached hydrogen (secondary N) is 2. The topological polar surface area (TPSA) is 91.7 Å². The van der Waals surface area contributed by atoms with E-state index in [0.717, 1.165) is 31.6 Å². The third kappa shape index (κ3) is 8.11. The maximum absolute atomic E-state index is 12.7.